The van der Waals surface area contributed by atoms with Gasteiger partial charge in [-0.25, -0.2) is 0 Å². The molecule has 18 heavy (non-hydrogen) atoms. The molecule has 1 aliphatic rings. The maximum absolute atomic E-state index is 5.77. The van der Waals surface area contributed by atoms with Gasteiger partial charge < -0.3 is 15.0 Å². The van der Waals surface area contributed by atoms with E-state index in [2.05, 4.69) is 29.2 Å². The highest BCUT2D eigenvalue weighted by molar-refractivity contribution is 5.22. The average Bonchev–Trinajstić information content (AvgIpc) is 3.21. The van der Waals surface area contributed by atoms with E-state index >= 15 is 0 Å². The molecule has 1 aliphatic carbocycles. The first-order valence-corrected chi connectivity index (χ1v) is 6.78. The Morgan fingerprint density at radius 2 is 2.33 bits per heavy atom. The molecule has 1 aromatic rings. The second-order valence-electron chi connectivity index (χ2n) is 4.82. The summed E-state index contributed by atoms with van der Waals surface area (Å²) < 4.78 is 5.77. The van der Waals surface area contributed by atoms with Crippen LogP contribution in [0, 0.1) is 0 Å². The zero-order valence-electron chi connectivity index (χ0n) is 11.4. The fourth-order valence-electron chi connectivity index (χ4n) is 1.90. The molecule has 0 atom stereocenters. The minimum absolute atomic E-state index is 0.748. The lowest BCUT2D eigenvalue weighted by atomic mass is 10.3. The van der Waals surface area contributed by atoms with E-state index in [0.717, 1.165) is 43.7 Å². The third kappa shape index (κ3) is 4.27. The zero-order chi connectivity index (χ0) is 12.8. The Morgan fingerprint density at radius 3 is 3.06 bits per heavy atom. The van der Waals surface area contributed by atoms with Crippen molar-refractivity contribution in [1.82, 2.24) is 15.2 Å². The SMILES string of the molecule is CCNCc1cc(OCCN(C)C2CC2)ccn1. The minimum Gasteiger partial charge on any atom is -0.492 e. The summed E-state index contributed by atoms with van der Waals surface area (Å²) in [5, 5.41) is 3.26. The normalized spacial score (nSPS) is 15.1. The summed E-state index contributed by atoms with van der Waals surface area (Å²) in [6, 6.07) is 4.74. The van der Waals surface area contributed by atoms with E-state index in [0.29, 0.717) is 0 Å². The summed E-state index contributed by atoms with van der Waals surface area (Å²) in [6.45, 7) is 5.59. The lowest BCUT2D eigenvalue weighted by Crippen LogP contribution is -2.26. The summed E-state index contributed by atoms with van der Waals surface area (Å²) in [5.74, 6) is 0.919. The van der Waals surface area contributed by atoms with E-state index in [1.807, 2.05) is 18.3 Å². The van der Waals surface area contributed by atoms with Crippen molar-refractivity contribution in [1.29, 1.82) is 0 Å². The van der Waals surface area contributed by atoms with Crippen molar-refractivity contribution in [3.8, 4) is 5.75 Å². The monoisotopic (exact) mass is 249 g/mol. The Labute approximate surface area is 109 Å². The average molecular weight is 249 g/mol. The summed E-state index contributed by atoms with van der Waals surface area (Å²) >= 11 is 0. The molecular formula is C14H23N3O. The topological polar surface area (TPSA) is 37.4 Å². The van der Waals surface area contributed by atoms with Crippen LogP contribution in [-0.4, -0.2) is 42.7 Å². The smallest absolute Gasteiger partial charge is 0.122 e. The maximum atomic E-state index is 5.77. The van der Waals surface area contributed by atoms with Crippen LogP contribution in [0.1, 0.15) is 25.5 Å². The van der Waals surface area contributed by atoms with Gasteiger partial charge in [0.2, 0.25) is 0 Å². The van der Waals surface area contributed by atoms with E-state index in [-0.39, 0.29) is 0 Å². The lowest BCUT2D eigenvalue weighted by molar-refractivity contribution is 0.231. The molecule has 1 N–H and O–H groups in total. The highest BCUT2D eigenvalue weighted by Gasteiger charge is 2.25. The highest BCUT2D eigenvalue weighted by atomic mass is 16.5. The fraction of sp³-hybridized carbons (Fsp3) is 0.643. The molecule has 0 aliphatic heterocycles. The number of nitrogens with zero attached hydrogens (tertiary/aromatic N) is 2. The third-order valence-corrected chi connectivity index (χ3v) is 3.23. The highest BCUT2D eigenvalue weighted by Crippen LogP contribution is 2.24. The molecule has 0 unspecified atom stereocenters. The molecule has 4 heteroatoms. The van der Waals surface area contributed by atoms with Crippen molar-refractivity contribution in [2.45, 2.75) is 32.4 Å². The van der Waals surface area contributed by atoms with Crippen LogP contribution < -0.4 is 10.1 Å². The van der Waals surface area contributed by atoms with Gasteiger partial charge in [0.1, 0.15) is 12.4 Å². The summed E-state index contributed by atoms with van der Waals surface area (Å²) in [6.07, 6.45) is 4.50. The quantitative estimate of drug-likeness (QED) is 0.760. The molecule has 0 aromatic carbocycles. The molecule has 0 bridgehead atoms. The molecule has 1 fully saturated rings. The van der Waals surface area contributed by atoms with E-state index < -0.39 is 0 Å². The molecule has 0 radical (unpaired) electrons. The Hall–Kier alpha value is -1.13. The van der Waals surface area contributed by atoms with Gasteiger partial charge in [-0.05, 0) is 32.5 Å². The molecular weight excluding hydrogens is 226 g/mol. The molecule has 0 amide bonds. The summed E-state index contributed by atoms with van der Waals surface area (Å²) in [7, 11) is 2.17. The Kier molecular flexibility index (Phi) is 4.96. The van der Waals surface area contributed by atoms with Gasteiger partial charge in [-0.15, -0.1) is 0 Å². The van der Waals surface area contributed by atoms with Gasteiger partial charge in [-0.2, -0.15) is 0 Å². The molecule has 0 spiro atoms. The first-order chi connectivity index (χ1) is 8.79. The Bertz CT molecular complexity index is 366. The molecule has 1 aromatic heterocycles. The Morgan fingerprint density at radius 1 is 1.50 bits per heavy atom. The number of aromatic nitrogens is 1. The van der Waals surface area contributed by atoms with Crippen LogP contribution in [0.2, 0.25) is 0 Å². The Balaban J connectivity index is 1.73. The molecule has 4 nitrogen and oxygen atoms in total. The van der Waals surface area contributed by atoms with Gasteiger partial charge in [0.15, 0.2) is 0 Å². The van der Waals surface area contributed by atoms with Crippen LogP contribution in [0.15, 0.2) is 18.3 Å². The summed E-state index contributed by atoms with van der Waals surface area (Å²) in [4.78, 5) is 6.68. The van der Waals surface area contributed by atoms with E-state index in [4.69, 9.17) is 4.74 Å². The number of ether oxygens (including phenoxy) is 1. The number of nitrogens with one attached hydrogen (secondary N) is 1. The summed E-state index contributed by atoms with van der Waals surface area (Å²) in [5.41, 5.74) is 1.03. The van der Waals surface area contributed by atoms with Gasteiger partial charge in [-0.3, -0.25) is 4.98 Å². The maximum Gasteiger partial charge on any atom is 0.122 e. The van der Waals surface area contributed by atoms with Crippen molar-refractivity contribution in [2.24, 2.45) is 0 Å². The van der Waals surface area contributed by atoms with Gasteiger partial charge in [0, 0.05) is 31.4 Å². The van der Waals surface area contributed by atoms with Crippen LogP contribution in [0.5, 0.6) is 5.75 Å². The van der Waals surface area contributed by atoms with Crippen molar-refractivity contribution < 1.29 is 4.74 Å². The van der Waals surface area contributed by atoms with E-state index in [1.165, 1.54) is 12.8 Å². The lowest BCUT2D eigenvalue weighted by Gasteiger charge is -2.16. The minimum atomic E-state index is 0.748. The van der Waals surface area contributed by atoms with E-state index in [9.17, 15) is 0 Å². The van der Waals surface area contributed by atoms with Gasteiger partial charge in [0.25, 0.3) is 0 Å². The second kappa shape index (κ2) is 6.71. The number of pyridine rings is 1. The van der Waals surface area contributed by atoms with Crippen LogP contribution in [0.3, 0.4) is 0 Å². The third-order valence-electron chi connectivity index (χ3n) is 3.23. The predicted molar refractivity (Wildman–Crippen MR) is 72.8 cm³/mol. The molecule has 0 saturated heterocycles. The van der Waals surface area contributed by atoms with Crippen molar-refractivity contribution in [3.63, 3.8) is 0 Å². The van der Waals surface area contributed by atoms with Crippen LogP contribution in [0.25, 0.3) is 0 Å². The largest absolute Gasteiger partial charge is 0.492 e. The van der Waals surface area contributed by atoms with Crippen molar-refractivity contribution in [2.75, 3.05) is 26.7 Å². The van der Waals surface area contributed by atoms with Crippen LogP contribution in [0.4, 0.5) is 0 Å². The van der Waals surface area contributed by atoms with E-state index in [1.54, 1.807) is 0 Å². The van der Waals surface area contributed by atoms with Crippen LogP contribution >= 0.6 is 0 Å². The first kappa shape index (κ1) is 13.3. The molecule has 1 saturated carbocycles. The van der Waals surface area contributed by atoms with Crippen molar-refractivity contribution in [3.05, 3.63) is 24.0 Å². The number of likely N-dealkylation sites (N-methyl/N-ethyl adjacent to an activating group) is 1. The molecule has 2 rings (SSSR count). The zero-order valence-corrected chi connectivity index (χ0v) is 11.4. The fourth-order valence-corrected chi connectivity index (χ4v) is 1.90. The number of rotatable bonds is 8. The molecule has 1 heterocycles. The standard InChI is InChI=1S/C14H23N3O/c1-3-15-11-12-10-14(6-7-16-12)18-9-8-17(2)13-4-5-13/h6-7,10,13,15H,3-5,8-9,11H2,1-2H3. The second-order valence-corrected chi connectivity index (χ2v) is 4.82. The van der Waals surface area contributed by atoms with Gasteiger partial charge >= 0.3 is 0 Å². The number of hydrogen-bond acceptors (Lipinski definition) is 4. The van der Waals surface area contributed by atoms with Crippen molar-refractivity contribution >= 4 is 0 Å². The van der Waals surface area contributed by atoms with Gasteiger partial charge in [-0.1, -0.05) is 6.92 Å². The predicted octanol–water partition coefficient (Wildman–Crippen LogP) is 1.66. The van der Waals surface area contributed by atoms with Gasteiger partial charge in [0.05, 0.1) is 5.69 Å². The van der Waals surface area contributed by atoms with Crippen LogP contribution in [-0.2, 0) is 6.54 Å². The number of hydrogen-bond donors (Lipinski definition) is 1. The molecule has 100 valence electrons. The first-order valence-electron chi connectivity index (χ1n) is 6.78.